The van der Waals surface area contributed by atoms with Gasteiger partial charge >= 0.3 is 0 Å². The van der Waals surface area contributed by atoms with Crippen molar-refractivity contribution in [3.8, 4) is 0 Å². The van der Waals surface area contributed by atoms with E-state index in [2.05, 4.69) is 22.0 Å². The maximum absolute atomic E-state index is 12.5. The number of nitrogens with zero attached hydrogens (tertiary/aromatic N) is 3. The molecule has 0 bridgehead atoms. The highest BCUT2D eigenvalue weighted by atomic mass is 32.1. The van der Waals surface area contributed by atoms with Gasteiger partial charge in [0.15, 0.2) is 0 Å². The van der Waals surface area contributed by atoms with E-state index in [0.29, 0.717) is 17.7 Å². The zero-order valence-corrected chi connectivity index (χ0v) is 13.7. The van der Waals surface area contributed by atoms with Crippen molar-refractivity contribution in [2.24, 2.45) is 5.92 Å². The second kappa shape index (κ2) is 6.86. The highest BCUT2D eigenvalue weighted by Gasteiger charge is 2.30. The van der Waals surface area contributed by atoms with Gasteiger partial charge in [0.1, 0.15) is 10.0 Å². The van der Waals surface area contributed by atoms with E-state index in [1.165, 1.54) is 24.3 Å². The van der Waals surface area contributed by atoms with Gasteiger partial charge in [-0.3, -0.25) is 4.79 Å². The second-order valence-electron chi connectivity index (χ2n) is 6.32. The van der Waals surface area contributed by atoms with E-state index < -0.39 is 0 Å². The summed E-state index contributed by atoms with van der Waals surface area (Å²) in [4.78, 5) is 14.7. The first-order valence-electron chi connectivity index (χ1n) is 8.39. The molecule has 0 atom stereocenters. The molecule has 1 amide bonds. The van der Waals surface area contributed by atoms with Crippen LogP contribution in [-0.4, -0.2) is 34.1 Å². The molecule has 1 aromatic heterocycles. The lowest BCUT2D eigenvalue weighted by Gasteiger charge is -2.34. The van der Waals surface area contributed by atoms with Crippen LogP contribution < -0.4 is 0 Å². The summed E-state index contributed by atoms with van der Waals surface area (Å²) in [5.41, 5.74) is 0. The zero-order valence-electron chi connectivity index (χ0n) is 12.9. The normalized spacial score (nSPS) is 21.7. The van der Waals surface area contributed by atoms with Crippen LogP contribution in [0.4, 0.5) is 0 Å². The standard InChI is InChI=1S/C16H25N3OS/c1-2-14-17-18-15(21-14)12-8-10-19(11-9-12)16(20)13-6-4-3-5-7-13/h12-13H,2-11H2,1H3. The van der Waals surface area contributed by atoms with Crippen LogP contribution in [-0.2, 0) is 11.2 Å². The van der Waals surface area contributed by atoms with Gasteiger partial charge in [0, 0.05) is 24.9 Å². The van der Waals surface area contributed by atoms with Crippen molar-refractivity contribution in [1.29, 1.82) is 0 Å². The Labute approximate surface area is 130 Å². The molecule has 1 aliphatic carbocycles. The molecule has 5 heteroatoms. The second-order valence-corrected chi connectivity index (χ2v) is 7.42. The molecule has 2 fully saturated rings. The van der Waals surface area contributed by atoms with Crippen LogP contribution in [0.2, 0.25) is 0 Å². The molecule has 1 saturated heterocycles. The molecule has 0 radical (unpaired) electrons. The van der Waals surface area contributed by atoms with Gasteiger partial charge in [0.2, 0.25) is 5.91 Å². The van der Waals surface area contributed by atoms with Crippen LogP contribution in [0.3, 0.4) is 0 Å². The topological polar surface area (TPSA) is 46.1 Å². The van der Waals surface area contributed by atoms with E-state index in [1.54, 1.807) is 11.3 Å². The zero-order chi connectivity index (χ0) is 14.7. The minimum Gasteiger partial charge on any atom is -0.342 e. The molecule has 4 nitrogen and oxygen atoms in total. The number of amides is 1. The summed E-state index contributed by atoms with van der Waals surface area (Å²) in [7, 11) is 0. The lowest BCUT2D eigenvalue weighted by Crippen LogP contribution is -2.41. The Bertz CT molecular complexity index is 474. The third-order valence-corrected chi connectivity index (χ3v) is 6.13. The highest BCUT2D eigenvalue weighted by Crippen LogP contribution is 2.32. The Morgan fingerprint density at radius 1 is 1.14 bits per heavy atom. The SMILES string of the molecule is CCc1nnc(C2CCN(C(=O)C3CCCCC3)CC2)s1. The highest BCUT2D eigenvalue weighted by molar-refractivity contribution is 7.11. The quantitative estimate of drug-likeness (QED) is 0.860. The first-order chi connectivity index (χ1) is 10.3. The van der Waals surface area contributed by atoms with E-state index in [1.807, 2.05) is 0 Å². The van der Waals surface area contributed by atoms with E-state index >= 15 is 0 Å². The molecular formula is C16H25N3OS. The summed E-state index contributed by atoms with van der Waals surface area (Å²) in [5, 5.41) is 10.9. The molecular weight excluding hydrogens is 282 g/mol. The molecule has 3 rings (SSSR count). The van der Waals surface area contributed by atoms with Gasteiger partial charge in [-0.25, -0.2) is 0 Å². The van der Waals surface area contributed by atoms with Crippen molar-refractivity contribution < 1.29 is 4.79 Å². The van der Waals surface area contributed by atoms with Gasteiger partial charge in [-0.05, 0) is 32.1 Å². The van der Waals surface area contributed by atoms with Gasteiger partial charge in [-0.2, -0.15) is 0 Å². The fourth-order valence-electron chi connectivity index (χ4n) is 3.53. The summed E-state index contributed by atoms with van der Waals surface area (Å²) in [5.74, 6) is 1.24. The average molecular weight is 307 g/mol. The summed E-state index contributed by atoms with van der Waals surface area (Å²) < 4.78 is 0. The smallest absolute Gasteiger partial charge is 0.225 e. The number of hydrogen-bond donors (Lipinski definition) is 0. The number of hydrogen-bond acceptors (Lipinski definition) is 4. The van der Waals surface area contributed by atoms with Gasteiger partial charge in [0.25, 0.3) is 0 Å². The minimum atomic E-state index is 0.309. The molecule has 2 aliphatic rings. The summed E-state index contributed by atoms with van der Waals surface area (Å²) in [6, 6.07) is 0. The molecule has 1 saturated carbocycles. The monoisotopic (exact) mass is 307 g/mol. The lowest BCUT2D eigenvalue weighted by atomic mass is 9.87. The Kier molecular flexibility index (Phi) is 4.88. The van der Waals surface area contributed by atoms with E-state index in [9.17, 15) is 4.79 Å². The first-order valence-corrected chi connectivity index (χ1v) is 9.20. The Morgan fingerprint density at radius 3 is 2.48 bits per heavy atom. The Hall–Kier alpha value is -0.970. The number of likely N-dealkylation sites (tertiary alicyclic amines) is 1. The molecule has 2 heterocycles. The molecule has 0 spiro atoms. The van der Waals surface area contributed by atoms with Gasteiger partial charge < -0.3 is 4.90 Å². The third-order valence-electron chi connectivity index (χ3n) is 4.90. The molecule has 21 heavy (non-hydrogen) atoms. The van der Waals surface area contributed by atoms with Gasteiger partial charge in [0.05, 0.1) is 0 Å². The van der Waals surface area contributed by atoms with Crippen molar-refractivity contribution in [3.05, 3.63) is 10.0 Å². The number of aryl methyl sites for hydroxylation is 1. The molecule has 0 N–H and O–H groups in total. The number of aromatic nitrogens is 2. The summed E-state index contributed by atoms with van der Waals surface area (Å²) in [6.07, 6.45) is 9.06. The van der Waals surface area contributed by atoms with Crippen molar-refractivity contribution in [1.82, 2.24) is 15.1 Å². The predicted octanol–water partition coefficient (Wildman–Crippen LogP) is 3.39. The fourth-order valence-corrected chi connectivity index (χ4v) is 4.48. The van der Waals surface area contributed by atoms with E-state index in [0.717, 1.165) is 50.2 Å². The molecule has 116 valence electrons. The fraction of sp³-hybridized carbons (Fsp3) is 0.812. The average Bonchev–Trinajstić information content (AvgIpc) is 3.04. The first kappa shape index (κ1) is 14.9. The predicted molar refractivity (Wildman–Crippen MR) is 84.4 cm³/mol. The number of carbonyl (C=O) groups is 1. The Balaban J connectivity index is 1.53. The summed E-state index contributed by atoms with van der Waals surface area (Å²) >= 11 is 1.75. The molecule has 1 aromatic rings. The summed E-state index contributed by atoms with van der Waals surface area (Å²) in [6.45, 7) is 3.93. The van der Waals surface area contributed by atoms with Crippen LogP contribution in [0.25, 0.3) is 0 Å². The maximum atomic E-state index is 12.5. The number of carbonyl (C=O) groups excluding carboxylic acids is 1. The van der Waals surface area contributed by atoms with Crippen molar-refractivity contribution in [3.63, 3.8) is 0 Å². The third kappa shape index (κ3) is 3.44. The molecule has 0 aromatic carbocycles. The van der Waals surface area contributed by atoms with Crippen LogP contribution in [0.1, 0.15) is 67.8 Å². The van der Waals surface area contributed by atoms with Crippen molar-refractivity contribution >= 4 is 17.2 Å². The number of piperidine rings is 1. The Morgan fingerprint density at radius 2 is 1.86 bits per heavy atom. The van der Waals surface area contributed by atoms with Crippen LogP contribution in [0, 0.1) is 5.92 Å². The van der Waals surface area contributed by atoms with E-state index in [4.69, 9.17) is 0 Å². The number of rotatable bonds is 3. The van der Waals surface area contributed by atoms with Crippen LogP contribution in [0.5, 0.6) is 0 Å². The largest absolute Gasteiger partial charge is 0.342 e. The van der Waals surface area contributed by atoms with Crippen molar-refractivity contribution in [2.45, 2.75) is 64.2 Å². The lowest BCUT2D eigenvalue weighted by molar-refractivity contribution is -0.137. The van der Waals surface area contributed by atoms with Crippen LogP contribution >= 0.6 is 11.3 Å². The molecule has 0 unspecified atom stereocenters. The van der Waals surface area contributed by atoms with E-state index in [-0.39, 0.29) is 0 Å². The maximum Gasteiger partial charge on any atom is 0.225 e. The molecule has 1 aliphatic heterocycles. The van der Waals surface area contributed by atoms with Crippen molar-refractivity contribution in [2.75, 3.05) is 13.1 Å². The minimum absolute atomic E-state index is 0.309. The van der Waals surface area contributed by atoms with Gasteiger partial charge in [-0.15, -0.1) is 21.5 Å². The van der Waals surface area contributed by atoms with Crippen LogP contribution in [0.15, 0.2) is 0 Å². The van der Waals surface area contributed by atoms with Gasteiger partial charge in [-0.1, -0.05) is 26.2 Å².